The van der Waals surface area contributed by atoms with Crippen molar-refractivity contribution in [1.82, 2.24) is 14.5 Å². The molecule has 2 aromatic heterocycles. The third kappa shape index (κ3) is 7.12. The minimum Gasteiger partial charge on any atom is -0.456 e. The lowest BCUT2D eigenvalue weighted by atomic mass is 10.2. The van der Waals surface area contributed by atoms with Crippen LogP contribution in [0.2, 0.25) is 5.02 Å². The fraction of sp³-hybridized carbons (Fsp3) is 0.250. The molecule has 4 aromatic rings. The fourth-order valence-corrected chi connectivity index (χ4v) is 4.09. The summed E-state index contributed by atoms with van der Waals surface area (Å²) in [6.07, 6.45) is -0.102. The monoisotopic (exact) mass is 554 g/mol. The average molecular weight is 555 g/mol. The molecule has 0 bridgehead atoms. The van der Waals surface area contributed by atoms with Gasteiger partial charge in [-0.1, -0.05) is 17.7 Å². The second kappa shape index (κ2) is 11.0. The number of anilines is 2. The van der Waals surface area contributed by atoms with Crippen LogP contribution in [0.1, 0.15) is 5.56 Å². The van der Waals surface area contributed by atoms with Crippen molar-refractivity contribution in [1.29, 1.82) is 0 Å². The average Bonchev–Trinajstić information content (AvgIpc) is 3.24. The van der Waals surface area contributed by atoms with E-state index in [-0.39, 0.29) is 28.9 Å². The van der Waals surface area contributed by atoms with Crippen molar-refractivity contribution in [2.24, 2.45) is 0 Å². The summed E-state index contributed by atoms with van der Waals surface area (Å²) in [5, 5.41) is 3.36. The molecule has 0 saturated carbocycles. The fourth-order valence-electron chi connectivity index (χ4n) is 3.45. The van der Waals surface area contributed by atoms with Gasteiger partial charge in [0.2, 0.25) is 0 Å². The summed E-state index contributed by atoms with van der Waals surface area (Å²) in [6, 6.07) is 11.1. The van der Waals surface area contributed by atoms with E-state index in [2.05, 4.69) is 15.3 Å². The Morgan fingerprint density at radius 2 is 1.89 bits per heavy atom. The minimum atomic E-state index is -4.49. The highest BCUT2D eigenvalue weighted by Gasteiger charge is 2.30. The first-order valence-corrected chi connectivity index (χ1v) is 13.4. The molecule has 0 aliphatic heterocycles. The van der Waals surface area contributed by atoms with E-state index in [9.17, 15) is 21.6 Å². The number of rotatable bonds is 10. The summed E-state index contributed by atoms with van der Waals surface area (Å²) in [6.45, 7) is 0.841. The van der Waals surface area contributed by atoms with Gasteiger partial charge in [-0.3, -0.25) is 0 Å². The van der Waals surface area contributed by atoms with Crippen LogP contribution in [0.15, 0.2) is 61.1 Å². The lowest BCUT2D eigenvalue weighted by Crippen LogP contribution is -2.13. The maximum absolute atomic E-state index is 13.0. The molecule has 4 rings (SSSR count). The van der Waals surface area contributed by atoms with Crippen molar-refractivity contribution in [3.05, 3.63) is 71.6 Å². The molecule has 196 valence electrons. The van der Waals surface area contributed by atoms with Gasteiger partial charge in [-0.25, -0.2) is 18.4 Å². The standard InChI is InChI=1S/C24H22ClF3N4O4S/c1-37(33,34)12-11-35-10-9-32-8-7-20-22(32)23(30-15-29-20)31-17-5-6-21(19(25)14-17)36-18-4-2-3-16(13-18)24(26,27)28/h2-8,13-15H,9-12H2,1H3,(H,29,30,31). The third-order valence-corrected chi connectivity index (χ3v) is 6.41. The molecular formula is C24H22ClF3N4O4S. The Hall–Kier alpha value is -3.35. The molecule has 0 saturated heterocycles. The molecule has 0 spiro atoms. The molecule has 0 unspecified atom stereocenters. The molecule has 0 aliphatic carbocycles. The normalized spacial score (nSPS) is 12.1. The highest BCUT2D eigenvalue weighted by Crippen LogP contribution is 2.36. The molecule has 2 heterocycles. The molecule has 13 heteroatoms. The predicted molar refractivity (Wildman–Crippen MR) is 134 cm³/mol. The molecule has 0 fully saturated rings. The molecule has 2 aromatic carbocycles. The van der Waals surface area contributed by atoms with Gasteiger partial charge in [0.15, 0.2) is 5.82 Å². The lowest BCUT2D eigenvalue weighted by Gasteiger charge is -2.13. The summed E-state index contributed by atoms with van der Waals surface area (Å²) in [7, 11) is -3.09. The summed E-state index contributed by atoms with van der Waals surface area (Å²) in [5.74, 6) is 0.637. The number of ether oxygens (including phenoxy) is 2. The van der Waals surface area contributed by atoms with Gasteiger partial charge in [-0.05, 0) is 42.5 Å². The number of hydrogen-bond acceptors (Lipinski definition) is 7. The van der Waals surface area contributed by atoms with Crippen LogP contribution in [-0.2, 0) is 27.3 Å². The number of fused-ring (bicyclic) bond motifs is 1. The van der Waals surface area contributed by atoms with E-state index < -0.39 is 21.6 Å². The Morgan fingerprint density at radius 1 is 1.08 bits per heavy atom. The van der Waals surface area contributed by atoms with Crippen molar-refractivity contribution in [2.45, 2.75) is 12.7 Å². The van der Waals surface area contributed by atoms with Crippen molar-refractivity contribution in [3.63, 3.8) is 0 Å². The van der Waals surface area contributed by atoms with Gasteiger partial charge in [0.25, 0.3) is 0 Å². The molecule has 0 radical (unpaired) electrons. The summed E-state index contributed by atoms with van der Waals surface area (Å²) in [4.78, 5) is 8.59. The first-order chi connectivity index (χ1) is 17.5. The third-order valence-electron chi connectivity index (χ3n) is 5.21. The molecule has 0 amide bonds. The predicted octanol–water partition coefficient (Wildman–Crippen LogP) is 5.70. The first kappa shape index (κ1) is 26.7. The van der Waals surface area contributed by atoms with Gasteiger partial charge >= 0.3 is 6.18 Å². The maximum atomic E-state index is 13.0. The number of nitrogens with zero attached hydrogens (tertiary/aromatic N) is 3. The molecule has 37 heavy (non-hydrogen) atoms. The summed E-state index contributed by atoms with van der Waals surface area (Å²) < 4.78 is 74.3. The number of benzene rings is 2. The highest BCUT2D eigenvalue weighted by atomic mass is 35.5. The van der Waals surface area contributed by atoms with Crippen LogP contribution in [-0.4, -0.2) is 48.2 Å². The SMILES string of the molecule is CS(=O)(=O)CCOCCn1ccc2ncnc(Nc3ccc(Oc4cccc(C(F)(F)F)c4)c(Cl)c3)c21. The Labute approximate surface area is 215 Å². The van der Waals surface area contributed by atoms with Crippen LogP contribution < -0.4 is 10.1 Å². The van der Waals surface area contributed by atoms with Crippen LogP contribution in [0.25, 0.3) is 11.0 Å². The van der Waals surface area contributed by atoms with Crippen molar-refractivity contribution < 1.29 is 31.1 Å². The number of alkyl halides is 3. The van der Waals surface area contributed by atoms with Gasteiger partial charge in [0.1, 0.15) is 33.2 Å². The van der Waals surface area contributed by atoms with Crippen molar-refractivity contribution >= 4 is 44.0 Å². The van der Waals surface area contributed by atoms with Gasteiger partial charge in [-0.2, -0.15) is 13.2 Å². The highest BCUT2D eigenvalue weighted by molar-refractivity contribution is 7.90. The molecule has 1 N–H and O–H groups in total. The van der Waals surface area contributed by atoms with E-state index in [4.69, 9.17) is 21.1 Å². The molecular weight excluding hydrogens is 533 g/mol. The molecule has 8 nitrogen and oxygen atoms in total. The zero-order valence-electron chi connectivity index (χ0n) is 19.5. The van der Waals surface area contributed by atoms with Gasteiger partial charge < -0.3 is 19.4 Å². The van der Waals surface area contributed by atoms with Crippen LogP contribution >= 0.6 is 11.6 Å². The molecule has 0 atom stereocenters. The Kier molecular flexibility index (Phi) is 7.90. The second-order valence-corrected chi connectivity index (χ2v) is 10.8. The van der Waals surface area contributed by atoms with Gasteiger partial charge in [-0.15, -0.1) is 0 Å². The van der Waals surface area contributed by atoms with E-state index in [0.29, 0.717) is 35.7 Å². The maximum Gasteiger partial charge on any atom is 0.416 e. The summed E-state index contributed by atoms with van der Waals surface area (Å²) in [5.41, 5.74) is 1.13. The minimum absolute atomic E-state index is 0.00604. The number of halogens is 4. The quantitative estimate of drug-likeness (QED) is 0.251. The van der Waals surface area contributed by atoms with Crippen LogP contribution in [0.4, 0.5) is 24.7 Å². The van der Waals surface area contributed by atoms with Gasteiger partial charge in [0.05, 0.1) is 35.1 Å². The van der Waals surface area contributed by atoms with Crippen molar-refractivity contribution in [3.8, 4) is 11.5 Å². The Balaban J connectivity index is 1.47. The lowest BCUT2D eigenvalue weighted by molar-refractivity contribution is -0.137. The number of nitrogens with one attached hydrogen (secondary N) is 1. The molecule has 0 aliphatic rings. The largest absolute Gasteiger partial charge is 0.456 e. The summed E-state index contributed by atoms with van der Waals surface area (Å²) >= 11 is 6.35. The van der Waals surface area contributed by atoms with E-state index in [1.54, 1.807) is 12.1 Å². The Bertz CT molecular complexity index is 1510. The topological polar surface area (TPSA) is 95.3 Å². The zero-order chi connectivity index (χ0) is 26.6. The van der Waals surface area contributed by atoms with E-state index in [0.717, 1.165) is 18.4 Å². The number of aromatic nitrogens is 3. The van der Waals surface area contributed by atoms with Crippen LogP contribution in [0, 0.1) is 0 Å². The second-order valence-electron chi connectivity index (χ2n) is 8.11. The van der Waals surface area contributed by atoms with Gasteiger partial charge in [0, 0.05) is 24.7 Å². The number of sulfone groups is 1. The van der Waals surface area contributed by atoms with E-state index in [1.807, 2.05) is 16.8 Å². The van der Waals surface area contributed by atoms with Crippen LogP contribution in [0.5, 0.6) is 11.5 Å². The van der Waals surface area contributed by atoms with Crippen molar-refractivity contribution in [2.75, 3.05) is 30.5 Å². The first-order valence-electron chi connectivity index (χ1n) is 11.0. The smallest absolute Gasteiger partial charge is 0.416 e. The van der Waals surface area contributed by atoms with E-state index >= 15 is 0 Å². The Morgan fingerprint density at radius 3 is 2.62 bits per heavy atom. The zero-order valence-corrected chi connectivity index (χ0v) is 21.1. The van der Waals surface area contributed by atoms with E-state index in [1.165, 1.54) is 24.5 Å². The van der Waals surface area contributed by atoms with Crippen LogP contribution in [0.3, 0.4) is 0 Å². The number of hydrogen-bond donors (Lipinski definition) is 1.